The fraction of sp³-hybridized carbons (Fsp3) is 0.857. The van der Waals surface area contributed by atoms with Gasteiger partial charge in [-0.25, -0.2) is 0 Å². The molecule has 1 rings (SSSR count). The van der Waals surface area contributed by atoms with Crippen molar-refractivity contribution in [1.29, 1.82) is 5.26 Å². The van der Waals surface area contributed by atoms with Crippen LogP contribution in [-0.4, -0.2) is 29.4 Å². The van der Waals surface area contributed by atoms with Crippen molar-refractivity contribution in [2.24, 2.45) is 0 Å². The molecule has 0 N–H and O–H groups in total. The number of alkyl halides is 1. The Balaban J connectivity index is 2.36. The van der Waals surface area contributed by atoms with Crippen LogP contribution >= 0.6 is 15.9 Å². The average molecular weight is 203 g/mol. The van der Waals surface area contributed by atoms with Gasteiger partial charge in [0.25, 0.3) is 0 Å². The highest BCUT2D eigenvalue weighted by Gasteiger charge is 2.22. The second kappa shape index (κ2) is 3.95. The standard InChI is InChI=1S/C7H11BrN2/c8-6-7-2-1-4-10(7)5-3-9/h7H,1-2,4-6H2. The molecule has 0 aromatic heterocycles. The van der Waals surface area contributed by atoms with E-state index in [4.69, 9.17) is 5.26 Å². The quantitative estimate of drug-likeness (QED) is 0.500. The Morgan fingerprint density at radius 2 is 2.50 bits per heavy atom. The van der Waals surface area contributed by atoms with E-state index in [1.807, 2.05) is 0 Å². The zero-order valence-electron chi connectivity index (χ0n) is 5.89. The Bertz CT molecular complexity index is 141. The SMILES string of the molecule is N#CCN1CCCC1CBr. The zero-order valence-corrected chi connectivity index (χ0v) is 7.47. The molecule has 0 aromatic carbocycles. The summed E-state index contributed by atoms with van der Waals surface area (Å²) in [4.78, 5) is 2.23. The summed E-state index contributed by atoms with van der Waals surface area (Å²) < 4.78 is 0. The van der Waals surface area contributed by atoms with Gasteiger partial charge in [0, 0.05) is 11.4 Å². The summed E-state index contributed by atoms with van der Waals surface area (Å²) in [6.07, 6.45) is 2.49. The minimum atomic E-state index is 0.594. The molecule has 1 aliphatic heterocycles. The molecule has 1 saturated heterocycles. The van der Waals surface area contributed by atoms with Crippen molar-refractivity contribution in [2.75, 3.05) is 18.4 Å². The summed E-state index contributed by atoms with van der Waals surface area (Å²) in [6.45, 7) is 1.69. The van der Waals surface area contributed by atoms with Crippen LogP contribution < -0.4 is 0 Å². The van der Waals surface area contributed by atoms with E-state index in [0.29, 0.717) is 12.6 Å². The second-order valence-corrected chi connectivity index (χ2v) is 3.23. The third-order valence-electron chi connectivity index (χ3n) is 1.95. The molecule has 1 aliphatic rings. The van der Waals surface area contributed by atoms with Crippen LogP contribution in [0.4, 0.5) is 0 Å². The third-order valence-corrected chi connectivity index (χ3v) is 2.70. The lowest BCUT2D eigenvalue weighted by molar-refractivity contribution is 0.307. The Morgan fingerprint density at radius 3 is 3.10 bits per heavy atom. The molecule has 1 fully saturated rings. The first kappa shape index (κ1) is 8.03. The van der Waals surface area contributed by atoms with Crippen LogP contribution in [0.15, 0.2) is 0 Å². The first-order valence-corrected chi connectivity index (χ1v) is 4.67. The molecule has 3 heteroatoms. The van der Waals surface area contributed by atoms with Gasteiger partial charge < -0.3 is 0 Å². The van der Waals surface area contributed by atoms with Crippen molar-refractivity contribution in [1.82, 2.24) is 4.90 Å². The molecular weight excluding hydrogens is 192 g/mol. The van der Waals surface area contributed by atoms with Gasteiger partial charge in [0.05, 0.1) is 12.6 Å². The van der Waals surface area contributed by atoms with Gasteiger partial charge in [-0.2, -0.15) is 5.26 Å². The molecule has 1 unspecified atom stereocenters. The lowest BCUT2D eigenvalue weighted by Crippen LogP contribution is -2.30. The first-order valence-electron chi connectivity index (χ1n) is 3.55. The molecule has 1 atom stereocenters. The fourth-order valence-corrected chi connectivity index (χ4v) is 2.10. The molecule has 56 valence electrons. The summed E-state index contributed by atoms with van der Waals surface area (Å²) in [7, 11) is 0. The predicted octanol–water partition coefficient (Wildman–Crippen LogP) is 1.37. The van der Waals surface area contributed by atoms with E-state index in [0.717, 1.165) is 11.9 Å². The lowest BCUT2D eigenvalue weighted by atomic mass is 10.2. The second-order valence-electron chi connectivity index (χ2n) is 2.58. The highest BCUT2D eigenvalue weighted by molar-refractivity contribution is 9.09. The molecule has 1 heterocycles. The van der Waals surface area contributed by atoms with Crippen molar-refractivity contribution in [2.45, 2.75) is 18.9 Å². The maximum absolute atomic E-state index is 8.43. The monoisotopic (exact) mass is 202 g/mol. The number of hydrogen-bond acceptors (Lipinski definition) is 2. The number of rotatable bonds is 2. The van der Waals surface area contributed by atoms with Crippen molar-refractivity contribution in [3.05, 3.63) is 0 Å². The smallest absolute Gasteiger partial charge is 0.0868 e. The summed E-state index contributed by atoms with van der Waals surface area (Å²) in [5, 5.41) is 9.44. The Hall–Kier alpha value is -0.0700. The minimum Gasteiger partial charge on any atom is -0.287 e. The number of nitriles is 1. The number of hydrogen-bond donors (Lipinski definition) is 0. The van der Waals surface area contributed by atoms with Gasteiger partial charge in [-0.1, -0.05) is 15.9 Å². The summed E-state index contributed by atoms with van der Waals surface area (Å²) >= 11 is 3.44. The molecule has 0 spiro atoms. The van der Waals surface area contributed by atoms with E-state index < -0.39 is 0 Å². The van der Waals surface area contributed by atoms with E-state index >= 15 is 0 Å². The molecule has 0 aromatic rings. The molecule has 0 amide bonds. The fourth-order valence-electron chi connectivity index (χ4n) is 1.37. The Kier molecular flexibility index (Phi) is 3.17. The molecule has 0 bridgehead atoms. The number of halogens is 1. The highest BCUT2D eigenvalue weighted by Crippen LogP contribution is 2.17. The van der Waals surface area contributed by atoms with Crippen molar-refractivity contribution >= 4 is 15.9 Å². The van der Waals surface area contributed by atoms with Crippen molar-refractivity contribution in [3.63, 3.8) is 0 Å². The highest BCUT2D eigenvalue weighted by atomic mass is 79.9. The predicted molar refractivity (Wildman–Crippen MR) is 44.0 cm³/mol. The van der Waals surface area contributed by atoms with Crippen molar-refractivity contribution < 1.29 is 0 Å². The molecular formula is C7H11BrN2. The maximum atomic E-state index is 8.43. The van der Waals surface area contributed by atoms with Crippen LogP contribution in [0.25, 0.3) is 0 Å². The zero-order chi connectivity index (χ0) is 7.40. The van der Waals surface area contributed by atoms with Gasteiger partial charge in [-0.3, -0.25) is 4.90 Å². The first-order chi connectivity index (χ1) is 4.88. The van der Waals surface area contributed by atoms with Crippen LogP contribution in [0, 0.1) is 11.3 Å². The lowest BCUT2D eigenvalue weighted by Gasteiger charge is -2.18. The topological polar surface area (TPSA) is 27.0 Å². The van der Waals surface area contributed by atoms with E-state index in [-0.39, 0.29) is 0 Å². The van der Waals surface area contributed by atoms with Crippen LogP contribution in [-0.2, 0) is 0 Å². The van der Waals surface area contributed by atoms with E-state index in [9.17, 15) is 0 Å². The summed E-state index contributed by atoms with van der Waals surface area (Å²) in [5.41, 5.74) is 0. The molecule has 2 nitrogen and oxygen atoms in total. The van der Waals surface area contributed by atoms with Gasteiger partial charge >= 0.3 is 0 Å². The van der Waals surface area contributed by atoms with E-state index in [2.05, 4.69) is 26.9 Å². The summed E-state index contributed by atoms with van der Waals surface area (Å²) in [5.74, 6) is 0. The number of nitrogens with zero attached hydrogens (tertiary/aromatic N) is 2. The normalized spacial score (nSPS) is 26.6. The summed E-state index contributed by atoms with van der Waals surface area (Å²) in [6, 6.07) is 2.79. The maximum Gasteiger partial charge on any atom is 0.0868 e. The van der Waals surface area contributed by atoms with Gasteiger partial charge in [0.1, 0.15) is 0 Å². The molecule has 0 aliphatic carbocycles. The van der Waals surface area contributed by atoms with Gasteiger partial charge in [-0.05, 0) is 19.4 Å². The number of likely N-dealkylation sites (tertiary alicyclic amines) is 1. The van der Waals surface area contributed by atoms with Crippen LogP contribution in [0.3, 0.4) is 0 Å². The van der Waals surface area contributed by atoms with Crippen LogP contribution in [0.2, 0.25) is 0 Å². The third kappa shape index (κ3) is 1.71. The average Bonchev–Trinajstić information content (AvgIpc) is 2.36. The van der Waals surface area contributed by atoms with E-state index in [1.54, 1.807) is 0 Å². The van der Waals surface area contributed by atoms with Crippen molar-refractivity contribution in [3.8, 4) is 6.07 Å². The van der Waals surface area contributed by atoms with Gasteiger partial charge in [0.15, 0.2) is 0 Å². The minimum absolute atomic E-state index is 0.594. The molecule has 10 heavy (non-hydrogen) atoms. The molecule has 0 saturated carbocycles. The largest absolute Gasteiger partial charge is 0.287 e. The Morgan fingerprint density at radius 1 is 1.70 bits per heavy atom. The van der Waals surface area contributed by atoms with E-state index in [1.165, 1.54) is 12.8 Å². The molecule has 0 radical (unpaired) electrons. The van der Waals surface area contributed by atoms with Crippen LogP contribution in [0.1, 0.15) is 12.8 Å². The van der Waals surface area contributed by atoms with Gasteiger partial charge in [0.2, 0.25) is 0 Å². The van der Waals surface area contributed by atoms with Crippen LogP contribution in [0.5, 0.6) is 0 Å². The van der Waals surface area contributed by atoms with Gasteiger partial charge in [-0.15, -0.1) is 0 Å². The Labute approximate surface area is 69.9 Å².